The number of hydroxylamine groups is 2. The number of carbonyl (C=O) groups is 3. The second kappa shape index (κ2) is 5.07. The summed E-state index contributed by atoms with van der Waals surface area (Å²) >= 11 is 0. The number of carboxylic acid groups (broad SMARTS) is 1. The fourth-order valence-corrected chi connectivity index (χ4v) is 1.71. The Hall–Kier alpha value is -2.41. The predicted octanol–water partition coefficient (Wildman–Crippen LogP) is 0.870. The lowest BCUT2D eigenvalue weighted by molar-refractivity contribution is -0.124. The van der Waals surface area contributed by atoms with E-state index in [1.54, 1.807) is 31.2 Å². The molecule has 2 rings (SSSR count). The molecule has 0 spiro atoms. The zero-order valence-corrected chi connectivity index (χ0v) is 10.1. The maximum atomic E-state index is 11.9. The highest BCUT2D eigenvalue weighted by molar-refractivity contribution is 6.20. The third-order valence-corrected chi connectivity index (χ3v) is 2.58. The maximum absolute atomic E-state index is 11.9. The average Bonchev–Trinajstić information content (AvgIpc) is 2.62. The first kappa shape index (κ1) is 13.0. The van der Waals surface area contributed by atoms with Crippen LogP contribution in [0.2, 0.25) is 0 Å². The zero-order chi connectivity index (χ0) is 14.0. The molecular formula is C12H12N2O5. The monoisotopic (exact) mass is 264 g/mol. The van der Waals surface area contributed by atoms with Crippen LogP contribution in [0.3, 0.4) is 0 Å². The minimum Gasteiger partial charge on any atom is -0.465 e. The minimum atomic E-state index is -1.20. The van der Waals surface area contributed by atoms with Crippen LogP contribution in [0.25, 0.3) is 0 Å². The summed E-state index contributed by atoms with van der Waals surface area (Å²) < 4.78 is 0. The summed E-state index contributed by atoms with van der Waals surface area (Å²) in [5.74, 6) is -1.08. The number of amides is 3. The van der Waals surface area contributed by atoms with E-state index >= 15 is 0 Å². The second-order valence-electron chi connectivity index (χ2n) is 4.05. The van der Waals surface area contributed by atoms with Crippen LogP contribution in [-0.4, -0.2) is 40.7 Å². The molecule has 0 unspecified atom stereocenters. The predicted molar refractivity (Wildman–Crippen MR) is 63.5 cm³/mol. The van der Waals surface area contributed by atoms with Crippen molar-refractivity contribution in [2.45, 2.75) is 13.0 Å². The average molecular weight is 264 g/mol. The number of nitrogens with one attached hydrogen (secondary N) is 1. The summed E-state index contributed by atoms with van der Waals surface area (Å²) in [5, 5.41) is 11.2. The summed E-state index contributed by atoms with van der Waals surface area (Å²) in [4.78, 5) is 39.4. The van der Waals surface area contributed by atoms with Gasteiger partial charge >= 0.3 is 6.09 Å². The molecule has 2 N–H and O–H groups in total. The van der Waals surface area contributed by atoms with E-state index in [1.165, 1.54) is 0 Å². The van der Waals surface area contributed by atoms with E-state index in [0.29, 0.717) is 5.06 Å². The Morgan fingerprint density at radius 2 is 1.84 bits per heavy atom. The number of hydrogen-bond acceptors (Lipinski definition) is 4. The van der Waals surface area contributed by atoms with E-state index < -0.39 is 24.0 Å². The molecule has 7 nitrogen and oxygen atoms in total. The highest BCUT2D eigenvalue weighted by Gasteiger charge is 2.37. The van der Waals surface area contributed by atoms with Crippen LogP contribution in [0.1, 0.15) is 27.6 Å². The number of fused-ring (bicyclic) bond motifs is 1. The van der Waals surface area contributed by atoms with Crippen molar-refractivity contribution in [1.29, 1.82) is 0 Å². The number of imide groups is 1. The lowest BCUT2D eigenvalue weighted by Crippen LogP contribution is -2.39. The standard InChI is InChI=1S/C12H12N2O5/c1-7(6-13-12(17)18)19-14-10(15)8-4-2-3-5-9(8)11(14)16/h2-5,7,13H,6H2,1H3,(H,17,18)/t7-/m0/s1. The first-order valence-corrected chi connectivity index (χ1v) is 5.62. The normalized spacial score (nSPS) is 15.3. The lowest BCUT2D eigenvalue weighted by Gasteiger charge is -2.18. The first-order chi connectivity index (χ1) is 9.00. The summed E-state index contributed by atoms with van der Waals surface area (Å²) in [6, 6.07) is 6.39. The molecule has 0 aromatic heterocycles. The van der Waals surface area contributed by atoms with Crippen LogP contribution in [0.15, 0.2) is 24.3 Å². The Labute approximate surface area is 108 Å². The smallest absolute Gasteiger partial charge is 0.404 e. The summed E-state index contributed by atoms with van der Waals surface area (Å²) in [6.45, 7) is 1.53. The van der Waals surface area contributed by atoms with Crippen molar-refractivity contribution >= 4 is 17.9 Å². The first-order valence-electron chi connectivity index (χ1n) is 5.62. The molecule has 19 heavy (non-hydrogen) atoms. The third kappa shape index (κ3) is 2.55. The zero-order valence-electron chi connectivity index (χ0n) is 10.1. The van der Waals surface area contributed by atoms with Gasteiger partial charge in [0.15, 0.2) is 0 Å². The van der Waals surface area contributed by atoms with Crippen LogP contribution in [0.5, 0.6) is 0 Å². The summed E-state index contributed by atoms with van der Waals surface area (Å²) in [6.07, 6.45) is -1.84. The maximum Gasteiger partial charge on any atom is 0.404 e. The van der Waals surface area contributed by atoms with Crippen molar-refractivity contribution in [3.8, 4) is 0 Å². The molecule has 1 atom stereocenters. The van der Waals surface area contributed by atoms with Gasteiger partial charge in [0.2, 0.25) is 0 Å². The highest BCUT2D eigenvalue weighted by Crippen LogP contribution is 2.23. The highest BCUT2D eigenvalue weighted by atomic mass is 16.7. The Morgan fingerprint density at radius 3 is 2.32 bits per heavy atom. The molecule has 0 radical (unpaired) electrons. The quantitative estimate of drug-likeness (QED) is 0.787. The summed E-state index contributed by atoms with van der Waals surface area (Å²) in [5.41, 5.74) is 0.566. The van der Waals surface area contributed by atoms with Gasteiger partial charge in [-0.1, -0.05) is 12.1 Å². The largest absolute Gasteiger partial charge is 0.465 e. The van der Waals surface area contributed by atoms with Crippen molar-refractivity contribution in [3.63, 3.8) is 0 Å². The SMILES string of the molecule is C[C@@H](CNC(=O)O)ON1C(=O)c2ccccc2C1=O. The van der Waals surface area contributed by atoms with Gasteiger partial charge in [-0.25, -0.2) is 4.79 Å². The Kier molecular flexibility index (Phi) is 3.48. The number of nitrogens with zero attached hydrogens (tertiary/aromatic N) is 1. The van der Waals surface area contributed by atoms with Gasteiger partial charge in [-0.15, -0.1) is 5.06 Å². The molecule has 0 saturated carbocycles. The lowest BCUT2D eigenvalue weighted by atomic mass is 10.1. The van der Waals surface area contributed by atoms with Gasteiger partial charge in [-0.3, -0.25) is 14.4 Å². The fourth-order valence-electron chi connectivity index (χ4n) is 1.71. The van der Waals surface area contributed by atoms with Gasteiger partial charge in [0, 0.05) is 6.54 Å². The van der Waals surface area contributed by atoms with Gasteiger partial charge in [0.1, 0.15) is 6.10 Å². The van der Waals surface area contributed by atoms with Crippen LogP contribution in [0.4, 0.5) is 4.79 Å². The third-order valence-electron chi connectivity index (χ3n) is 2.58. The molecule has 1 aromatic carbocycles. The van der Waals surface area contributed by atoms with Gasteiger partial charge in [0.05, 0.1) is 11.1 Å². The molecule has 7 heteroatoms. The molecule has 0 bridgehead atoms. The van der Waals surface area contributed by atoms with E-state index in [1.807, 2.05) is 0 Å². The van der Waals surface area contributed by atoms with Crippen molar-refractivity contribution < 1.29 is 24.3 Å². The van der Waals surface area contributed by atoms with Gasteiger partial charge in [-0.05, 0) is 19.1 Å². The van der Waals surface area contributed by atoms with E-state index in [-0.39, 0.29) is 17.7 Å². The number of rotatable bonds is 4. The van der Waals surface area contributed by atoms with Crippen molar-refractivity contribution in [2.75, 3.05) is 6.54 Å². The van der Waals surface area contributed by atoms with Crippen LogP contribution < -0.4 is 5.32 Å². The molecule has 3 amide bonds. The molecule has 1 aliphatic heterocycles. The number of benzene rings is 1. The van der Waals surface area contributed by atoms with E-state index in [2.05, 4.69) is 5.32 Å². The van der Waals surface area contributed by atoms with Gasteiger partial charge in [0.25, 0.3) is 11.8 Å². The fraction of sp³-hybridized carbons (Fsp3) is 0.250. The van der Waals surface area contributed by atoms with Crippen molar-refractivity contribution in [1.82, 2.24) is 10.4 Å². The molecule has 1 aromatic rings. The van der Waals surface area contributed by atoms with Gasteiger partial charge in [-0.2, -0.15) is 0 Å². The summed E-state index contributed by atoms with van der Waals surface area (Å²) in [7, 11) is 0. The number of carbonyl (C=O) groups excluding carboxylic acids is 2. The molecular weight excluding hydrogens is 252 g/mol. The van der Waals surface area contributed by atoms with E-state index in [9.17, 15) is 14.4 Å². The second-order valence-corrected chi connectivity index (χ2v) is 4.05. The molecule has 1 aliphatic rings. The molecule has 0 fully saturated rings. The van der Waals surface area contributed by atoms with Gasteiger partial charge < -0.3 is 10.4 Å². The molecule has 1 heterocycles. The molecule has 100 valence electrons. The van der Waals surface area contributed by atoms with E-state index in [4.69, 9.17) is 9.94 Å². The topological polar surface area (TPSA) is 95.9 Å². The number of hydrogen-bond donors (Lipinski definition) is 2. The van der Waals surface area contributed by atoms with Crippen LogP contribution in [0, 0.1) is 0 Å². The minimum absolute atomic E-state index is 0.0251. The Morgan fingerprint density at radius 1 is 1.32 bits per heavy atom. The Balaban J connectivity index is 2.06. The van der Waals surface area contributed by atoms with Crippen molar-refractivity contribution in [2.24, 2.45) is 0 Å². The van der Waals surface area contributed by atoms with E-state index in [0.717, 1.165) is 0 Å². The Bertz CT molecular complexity index is 508. The van der Waals surface area contributed by atoms with Crippen molar-refractivity contribution in [3.05, 3.63) is 35.4 Å². The van der Waals surface area contributed by atoms with Crippen LogP contribution in [-0.2, 0) is 4.84 Å². The molecule has 0 aliphatic carbocycles. The molecule has 0 saturated heterocycles. The van der Waals surface area contributed by atoms with Crippen LogP contribution >= 0.6 is 0 Å².